The molecule has 0 bridgehead atoms. The number of benzene rings is 1. The van der Waals surface area contributed by atoms with E-state index < -0.39 is 23.2 Å². The van der Waals surface area contributed by atoms with E-state index in [1.807, 2.05) is 12.1 Å². The Balaban J connectivity index is 2.48. The lowest BCUT2D eigenvalue weighted by Gasteiger charge is -2.34. The zero-order valence-corrected chi connectivity index (χ0v) is 12.1. The minimum absolute atomic E-state index is 0.196. The van der Waals surface area contributed by atoms with Gasteiger partial charge >= 0.3 is 12.1 Å². The second-order valence-corrected chi connectivity index (χ2v) is 6.10. The number of carbonyl (C=O) groups excluding carboxylic acids is 1. The Bertz CT molecular complexity index is 561. The quantitative estimate of drug-likeness (QED) is 0.801. The highest BCUT2D eigenvalue weighted by Crippen LogP contribution is 2.40. The summed E-state index contributed by atoms with van der Waals surface area (Å²) in [6.07, 6.45) is -1.13. The van der Waals surface area contributed by atoms with Crippen LogP contribution in [-0.2, 0) is 21.6 Å². The van der Waals surface area contributed by atoms with Gasteiger partial charge in [0.15, 0.2) is 5.54 Å². The standard InChI is InChI=1S/C15H19NO4/c1-14(2,3)20-12(17)15(4)11-8-6-5-7-10(11)9-16(15)13(18)19/h5-8H,9H2,1-4H3,(H,18,19). The van der Waals surface area contributed by atoms with Crippen LogP contribution < -0.4 is 0 Å². The van der Waals surface area contributed by atoms with Gasteiger partial charge in [-0.2, -0.15) is 0 Å². The van der Waals surface area contributed by atoms with Gasteiger partial charge < -0.3 is 9.84 Å². The summed E-state index contributed by atoms with van der Waals surface area (Å²) in [6, 6.07) is 7.25. The number of carboxylic acid groups (broad SMARTS) is 1. The van der Waals surface area contributed by atoms with Gasteiger partial charge in [0.25, 0.3) is 0 Å². The van der Waals surface area contributed by atoms with Crippen LogP contribution in [0.15, 0.2) is 24.3 Å². The number of amides is 1. The van der Waals surface area contributed by atoms with E-state index in [-0.39, 0.29) is 6.54 Å². The van der Waals surface area contributed by atoms with E-state index in [2.05, 4.69) is 0 Å². The molecule has 0 saturated heterocycles. The lowest BCUT2D eigenvalue weighted by Crippen LogP contribution is -2.50. The molecule has 0 aliphatic carbocycles. The van der Waals surface area contributed by atoms with E-state index in [1.165, 1.54) is 0 Å². The maximum absolute atomic E-state index is 12.5. The van der Waals surface area contributed by atoms with E-state index in [4.69, 9.17) is 4.74 Å². The first-order valence-electron chi connectivity index (χ1n) is 6.48. The minimum Gasteiger partial charge on any atom is -0.465 e. The molecular weight excluding hydrogens is 258 g/mol. The molecule has 1 aliphatic rings. The first-order chi connectivity index (χ1) is 9.16. The molecule has 0 radical (unpaired) electrons. The van der Waals surface area contributed by atoms with Gasteiger partial charge in [-0.3, -0.25) is 4.90 Å². The van der Waals surface area contributed by atoms with Crippen molar-refractivity contribution in [1.82, 2.24) is 4.90 Å². The van der Waals surface area contributed by atoms with Gasteiger partial charge in [0.2, 0.25) is 0 Å². The Morgan fingerprint density at radius 3 is 2.45 bits per heavy atom. The third kappa shape index (κ3) is 2.24. The highest BCUT2D eigenvalue weighted by Gasteiger charge is 2.51. The molecular formula is C15H19NO4. The minimum atomic E-state index is -1.30. The highest BCUT2D eigenvalue weighted by atomic mass is 16.6. The molecule has 20 heavy (non-hydrogen) atoms. The van der Waals surface area contributed by atoms with E-state index >= 15 is 0 Å². The van der Waals surface area contributed by atoms with Gasteiger partial charge in [0, 0.05) is 0 Å². The molecule has 0 fully saturated rings. The largest absolute Gasteiger partial charge is 0.465 e. The summed E-state index contributed by atoms with van der Waals surface area (Å²) in [7, 11) is 0. The zero-order valence-electron chi connectivity index (χ0n) is 12.1. The zero-order chi connectivity index (χ0) is 15.1. The second kappa shape index (κ2) is 4.51. The van der Waals surface area contributed by atoms with Crippen molar-refractivity contribution in [1.29, 1.82) is 0 Å². The molecule has 1 aromatic carbocycles. The molecule has 5 nitrogen and oxygen atoms in total. The molecule has 1 N–H and O–H groups in total. The molecule has 0 saturated carbocycles. The van der Waals surface area contributed by atoms with Crippen LogP contribution >= 0.6 is 0 Å². The molecule has 1 unspecified atom stereocenters. The van der Waals surface area contributed by atoms with Gasteiger partial charge in [-0.15, -0.1) is 0 Å². The lowest BCUT2D eigenvalue weighted by atomic mass is 9.91. The van der Waals surface area contributed by atoms with E-state index in [0.717, 1.165) is 10.5 Å². The van der Waals surface area contributed by atoms with Crippen LogP contribution in [0.4, 0.5) is 4.79 Å². The fourth-order valence-corrected chi connectivity index (χ4v) is 2.46. The summed E-state index contributed by atoms with van der Waals surface area (Å²) in [5.41, 5.74) is -0.433. The summed E-state index contributed by atoms with van der Waals surface area (Å²) in [5.74, 6) is -0.544. The Labute approximate surface area is 118 Å². The van der Waals surface area contributed by atoms with Gasteiger partial charge in [-0.25, -0.2) is 9.59 Å². The monoisotopic (exact) mass is 277 g/mol. The lowest BCUT2D eigenvalue weighted by molar-refractivity contribution is -0.168. The van der Waals surface area contributed by atoms with Gasteiger partial charge in [-0.1, -0.05) is 24.3 Å². The van der Waals surface area contributed by atoms with Crippen LogP contribution in [0.1, 0.15) is 38.8 Å². The number of esters is 1. The molecule has 108 valence electrons. The van der Waals surface area contributed by atoms with Crippen molar-refractivity contribution in [3.63, 3.8) is 0 Å². The predicted molar refractivity (Wildman–Crippen MR) is 73.2 cm³/mol. The predicted octanol–water partition coefficient (Wildman–Crippen LogP) is 2.74. The van der Waals surface area contributed by atoms with Crippen LogP contribution in [0.25, 0.3) is 0 Å². The number of nitrogens with zero attached hydrogens (tertiary/aromatic N) is 1. The van der Waals surface area contributed by atoms with E-state index in [1.54, 1.807) is 39.8 Å². The number of fused-ring (bicyclic) bond motifs is 1. The third-order valence-electron chi connectivity index (χ3n) is 3.44. The van der Waals surface area contributed by atoms with Crippen LogP contribution in [0, 0.1) is 0 Å². The maximum Gasteiger partial charge on any atom is 0.408 e. The van der Waals surface area contributed by atoms with Crippen molar-refractivity contribution in [2.45, 2.75) is 45.4 Å². The van der Waals surface area contributed by atoms with Crippen LogP contribution in [-0.4, -0.2) is 27.7 Å². The van der Waals surface area contributed by atoms with Crippen molar-refractivity contribution in [2.24, 2.45) is 0 Å². The fourth-order valence-electron chi connectivity index (χ4n) is 2.46. The molecule has 1 heterocycles. The summed E-state index contributed by atoms with van der Waals surface area (Å²) < 4.78 is 5.42. The van der Waals surface area contributed by atoms with E-state index in [9.17, 15) is 14.7 Å². The van der Waals surface area contributed by atoms with Crippen molar-refractivity contribution in [3.8, 4) is 0 Å². The topological polar surface area (TPSA) is 66.8 Å². The Kier molecular flexibility index (Phi) is 3.24. The summed E-state index contributed by atoms with van der Waals surface area (Å²) in [6.45, 7) is 7.09. The normalized spacial score (nSPS) is 21.5. The summed E-state index contributed by atoms with van der Waals surface area (Å²) >= 11 is 0. The third-order valence-corrected chi connectivity index (χ3v) is 3.44. The second-order valence-electron chi connectivity index (χ2n) is 6.10. The average molecular weight is 277 g/mol. The van der Waals surface area contributed by atoms with E-state index in [0.29, 0.717) is 5.56 Å². The Morgan fingerprint density at radius 1 is 1.30 bits per heavy atom. The molecule has 5 heteroatoms. The fraction of sp³-hybridized carbons (Fsp3) is 0.467. The SMILES string of the molecule is CC(C)(C)OC(=O)C1(C)c2ccccc2CN1C(=O)O. The number of hydrogen-bond donors (Lipinski definition) is 1. The Morgan fingerprint density at radius 2 is 1.90 bits per heavy atom. The molecule has 0 spiro atoms. The van der Waals surface area contributed by atoms with Crippen molar-refractivity contribution in [2.75, 3.05) is 0 Å². The first kappa shape index (κ1) is 14.4. The van der Waals surface area contributed by atoms with Gasteiger partial charge in [0.05, 0.1) is 6.54 Å². The maximum atomic E-state index is 12.5. The van der Waals surface area contributed by atoms with Crippen LogP contribution in [0.5, 0.6) is 0 Å². The highest BCUT2D eigenvalue weighted by molar-refractivity contribution is 5.88. The number of hydrogen-bond acceptors (Lipinski definition) is 3. The first-order valence-corrected chi connectivity index (χ1v) is 6.48. The molecule has 1 amide bonds. The molecule has 1 atom stereocenters. The van der Waals surface area contributed by atoms with Crippen LogP contribution in [0.2, 0.25) is 0 Å². The number of carbonyl (C=O) groups is 2. The molecule has 0 aromatic heterocycles. The average Bonchev–Trinajstić information content (AvgIpc) is 2.63. The number of rotatable bonds is 1. The summed E-state index contributed by atoms with van der Waals surface area (Å²) in [4.78, 5) is 25.1. The van der Waals surface area contributed by atoms with Gasteiger partial charge in [0.1, 0.15) is 5.60 Å². The molecule has 2 rings (SSSR count). The van der Waals surface area contributed by atoms with Crippen LogP contribution in [0.3, 0.4) is 0 Å². The molecule has 1 aliphatic heterocycles. The van der Waals surface area contributed by atoms with Crippen molar-refractivity contribution in [3.05, 3.63) is 35.4 Å². The Hall–Kier alpha value is -2.04. The molecule has 1 aromatic rings. The van der Waals surface area contributed by atoms with Crippen molar-refractivity contribution >= 4 is 12.1 Å². The number of ether oxygens (including phenoxy) is 1. The summed E-state index contributed by atoms with van der Waals surface area (Å²) in [5, 5.41) is 9.39. The van der Waals surface area contributed by atoms with Gasteiger partial charge in [-0.05, 0) is 38.8 Å². The van der Waals surface area contributed by atoms with Crippen molar-refractivity contribution < 1.29 is 19.4 Å². The smallest absolute Gasteiger partial charge is 0.408 e.